The van der Waals surface area contributed by atoms with Crippen LogP contribution in [0, 0.1) is 0 Å². The van der Waals surface area contributed by atoms with E-state index in [4.69, 9.17) is 33.4 Å². The Balaban J connectivity index is 1.69. The van der Waals surface area contributed by atoms with Gasteiger partial charge >= 0.3 is 11.9 Å². The van der Waals surface area contributed by atoms with Crippen molar-refractivity contribution in [2.75, 3.05) is 5.32 Å². The number of carboxylic acid groups (broad SMARTS) is 2. The quantitative estimate of drug-likeness (QED) is 0.433. The molecule has 3 aromatic carbocycles. The number of hydrogen-bond acceptors (Lipinski definition) is 3. The summed E-state index contributed by atoms with van der Waals surface area (Å²) in [4.78, 5) is 22.4. The van der Waals surface area contributed by atoms with Gasteiger partial charge in [-0.15, -0.1) is 0 Å². The van der Waals surface area contributed by atoms with Gasteiger partial charge in [-0.25, -0.2) is 9.59 Å². The second-order valence-electron chi connectivity index (χ2n) is 6.48. The molecule has 0 bridgehead atoms. The zero-order valence-corrected chi connectivity index (χ0v) is 16.7. The predicted octanol–water partition coefficient (Wildman–Crippen LogP) is 5.92. The minimum Gasteiger partial charge on any atom is -0.478 e. The number of nitrogens with one attached hydrogen (secondary N) is 1. The van der Waals surface area contributed by atoms with Gasteiger partial charge < -0.3 is 15.5 Å². The van der Waals surface area contributed by atoms with Crippen LogP contribution in [0.25, 0.3) is 0 Å². The van der Waals surface area contributed by atoms with Crippen molar-refractivity contribution < 1.29 is 19.8 Å². The second-order valence-corrected chi connectivity index (χ2v) is 7.29. The summed E-state index contributed by atoms with van der Waals surface area (Å²) < 4.78 is 0. The van der Waals surface area contributed by atoms with Crippen molar-refractivity contribution in [1.29, 1.82) is 0 Å². The molecule has 0 amide bonds. The molecule has 0 aromatic heterocycles. The summed E-state index contributed by atoms with van der Waals surface area (Å²) in [6.07, 6.45) is 1.63. The Morgan fingerprint density at radius 2 is 1.24 bits per heavy atom. The van der Waals surface area contributed by atoms with Crippen LogP contribution in [0.2, 0.25) is 10.0 Å². The third-order valence-corrected chi connectivity index (χ3v) is 5.09. The molecule has 0 radical (unpaired) electrons. The van der Waals surface area contributed by atoms with Crippen LogP contribution in [0.1, 0.15) is 31.8 Å². The SMILES string of the molecule is O=C(O)c1cc(Nc2ccc(CCc3ccc(Cl)c(Cl)c3)cc2)cc(C(=O)O)c1. The number of carboxylic acids is 2. The first-order valence-corrected chi connectivity index (χ1v) is 9.49. The van der Waals surface area contributed by atoms with Crippen molar-refractivity contribution in [3.8, 4) is 0 Å². The maximum Gasteiger partial charge on any atom is 0.335 e. The monoisotopic (exact) mass is 429 g/mol. The summed E-state index contributed by atoms with van der Waals surface area (Å²) in [5, 5.41) is 22.5. The summed E-state index contributed by atoms with van der Waals surface area (Å²) in [5.41, 5.74) is 3.14. The molecule has 0 fully saturated rings. The highest BCUT2D eigenvalue weighted by Gasteiger charge is 2.11. The number of anilines is 2. The number of carbonyl (C=O) groups is 2. The third-order valence-electron chi connectivity index (χ3n) is 4.36. The summed E-state index contributed by atoms with van der Waals surface area (Å²) in [5.74, 6) is -2.37. The van der Waals surface area contributed by atoms with Gasteiger partial charge in [0.25, 0.3) is 0 Å². The maximum atomic E-state index is 11.2. The van der Waals surface area contributed by atoms with Gasteiger partial charge in [0.05, 0.1) is 21.2 Å². The molecular weight excluding hydrogens is 413 g/mol. The van der Waals surface area contributed by atoms with Gasteiger partial charge in [-0.3, -0.25) is 0 Å². The zero-order chi connectivity index (χ0) is 21.0. The molecule has 0 unspecified atom stereocenters. The molecule has 5 nitrogen and oxygen atoms in total. The topological polar surface area (TPSA) is 86.6 Å². The molecule has 0 aliphatic heterocycles. The lowest BCUT2D eigenvalue weighted by Gasteiger charge is -2.10. The van der Waals surface area contributed by atoms with E-state index in [0.29, 0.717) is 15.7 Å². The summed E-state index contributed by atoms with van der Waals surface area (Å²) in [7, 11) is 0. The molecular formula is C22H17Cl2NO4. The molecule has 3 N–H and O–H groups in total. The molecule has 3 aromatic rings. The number of benzene rings is 3. The molecule has 0 aliphatic rings. The van der Waals surface area contributed by atoms with E-state index in [9.17, 15) is 9.59 Å². The molecule has 7 heteroatoms. The van der Waals surface area contributed by atoms with Gasteiger partial charge in [0.15, 0.2) is 0 Å². The van der Waals surface area contributed by atoms with Crippen LogP contribution in [0.5, 0.6) is 0 Å². The van der Waals surface area contributed by atoms with E-state index in [2.05, 4.69) is 5.32 Å². The minimum absolute atomic E-state index is 0.0920. The lowest BCUT2D eigenvalue weighted by molar-refractivity contribution is 0.0696. The summed E-state index contributed by atoms with van der Waals surface area (Å²) >= 11 is 12.0. The number of aromatic carboxylic acids is 2. The van der Waals surface area contributed by atoms with Crippen LogP contribution in [-0.2, 0) is 12.8 Å². The molecule has 0 spiro atoms. The van der Waals surface area contributed by atoms with Gasteiger partial charge in [0, 0.05) is 11.4 Å². The Morgan fingerprint density at radius 3 is 1.79 bits per heavy atom. The Kier molecular flexibility index (Phi) is 6.42. The molecule has 148 valence electrons. The predicted molar refractivity (Wildman–Crippen MR) is 114 cm³/mol. The van der Waals surface area contributed by atoms with Crippen molar-refractivity contribution in [3.63, 3.8) is 0 Å². The van der Waals surface area contributed by atoms with Gasteiger partial charge in [0.2, 0.25) is 0 Å². The van der Waals surface area contributed by atoms with E-state index in [1.807, 2.05) is 36.4 Å². The average Bonchev–Trinajstić information content (AvgIpc) is 2.69. The maximum absolute atomic E-state index is 11.2. The van der Waals surface area contributed by atoms with Crippen LogP contribution < -0.4 is 5.32 Å². The normalized spacial score (nSPS) is 10.6. The second kappa shape index (κ2) is 8.99. The van der Waals surface area contributed by atoms with Gasteiger partial charge in [-0.1, -0.05) is 41.4 Å². The molecule has 3 rings (SSSR count). The minimum atomic E-state index is -1.19. The van der Waals surface area contributed by atoms with Crippen LogP contribution in [0.3, 0.4) is 0 Å². The fourth-order valence-corrected chi connectivity index (χ4v) is 3.17. The highest BCUT2D eigenvalue weighted by molar-refractivity contribution is 6.42. The number of halogens is 2. The van der Waals surface area contributed by atoms with E-state index < -0.39 is 11.9 Å². The van der Waals surface area contributed by atoms with Gasteiger partial charge in [-0.05, 0) is 66.4 Å². The molecule has 0 saturated heterocycles. The van der Waals surface area contributed by atoms with Crippen molar-refractivity contribution in [2.24, 2.45) is 0 Å². The Bertz CT molecular complexity index is 1030. The van der Waals surface area contributed by atoms with E-state index in [-0.39, 0.29) is 11.1 Å². The lowest BCUT2D eigenvalue weighted by atomic mass is 10.0. The lowest BCUT2D eigenvalue weighted by Crippen LogP contribution is -2.04. The van der Waals surface area contributed by atoms with Gasteiger partial charge in [-0.2, -0.15) is 0 Å². The average molecular weight is 430 g/mol. The van der Waals surface area contributed by atoms with E-state index >= 15 is 0 Å². The molecule has 0 atom stereocenters. The van der Waals surface area contributed by atoms with Crippen LogP contribution in [0.4, 0.5) is 11.4 Å². The number of hydrogen-bond donors (Lipinski definition) is 3. The fourth-order valence-electron chi connectivity index (χ4n) is 2.85. The molecule has 0 aliphatic carbocycles. The Hall–Kier alpha value is -3.02. The highest BCUT2D eigenvalue weighted by Crippen LogP contribution is 2.24. The Morgan fingerprint density at radius 1 is 0.690 bits per heavy atom. The van der Waals surface area contributed by atoms with Crippen LogP contribution in [-0.4, -0.2) is 22.2 Å². The number of rotatable bonds is 7. The Labute approximate surface area is 177 Å². The zero-order valence-electron chi connectivity index (χ0n) is 15.2. The molecule has 29 heavy (non-hydrogen) atoms. The van der Waals surface area contributed by atoms with Crippen molar-refractivity contribution in [2.45, 2.75) is 12.8 Å². The number of aryl methyl sites for hydroxylation is 2. The third kappa shape index (κ3) is 5.50. The van der Waals surface area contributed by atoms with E-state index in [0.717, 1.165) is 35.7 Å². The first-order valence-electron chi connectivity index (χ1n) is 8.73. The van der Waals surface area contributed by atoms with Crippen LogP contribution >= 0.6 is 23.2 Å². The molecule has 0 heterocycles. The largest absolute Gasteiger partial charge is 0.478 e. The highest BCUT2D eigenvalue weighted by atomic mass is 35.5. The van der Waals surface area contributed by atoms with Crippen LogP contribution in [0.15, 0.2) is 60.7 Å². The van der Waals surface area contributed by atoms with Gasteiger partial charge in [0.1, 0.15) is 0 Å². The van der Waals surface area contributed by atoms with E-state index in [1.54, 1.807) is 6.07 Å². The smallest absolute Gasteiger partial charge is 0.335 e. The van der Waals surface area contributed by atoms with E-state index in [1.165, 1.54) is 12.1 Å². The molecule has 0 saturated carbocycles. The van der Waals surface area contributed by atoms with Crippen molar-refractivity contribution >= 4 is 46.5 Å². The first kappa shape index (κ1) is 20.7. The summed E-state index contributed by atoms with van der Waals surface area (Å²) in [6.45, 7) is 0. The fraction of sp³-hybridized carbons (Fsp3) is 0.0909. The van der Waals surface area contributed by atoms with Crippen molar-refractivity contribution in [1.82, 2.24) is 0 Å². The standard InChI is InChI=1S/C22H17Cl2NO4/c23-19-8-5-14(9-20(19)24)2-1-13-3-6-17(7-4-13)25-18-11-15(21(26)27)10-16(12-18)22(28)29/h3-12,25H,1-2H2,(H,26,27)(H,28,29). The van der Waals surface area contributed by atoms with Crippen molar-refractivity contribution in [3.05, 3.63) is 93.0 Å². The first-order chi connectivity index (χ1) is 13.8. The summed E-state index contributed by atoms with van der Waals surface area (Å²) in [6, 6.07) is 17.1.